The van der Waals surface area contributed by atoms with Gasteiger partial charge in [-0.25, -0.2) is 4.98 Å². The summed E-state index contributed by atoms with van der Waals surface area (Å²) >= 11 is 1.64. The van der Waals surface area contributed by atoms with E-state index in [9.17, 15) is 9.59 Å². The van der Waals surface area contributed by atoms with E-state index in [4.69, 9.17) is 4.74 Å². The summed E-state index contributed by atoms with van der Waals surface area (Å²) in [6, 6.07) is 24.8. The minimum atomic E-state index is -0.986. The van der Waals surface area contributed by atoms with E-state index in [-0.39, 0.29) is 12.2 Å². The van der Waals surface area contributed by atoms with Crippen LogP contribution in [0.5, 0.6) is 0 Å². The van der Waals surface area contributed by atoms with Gasteiger partial charge in [0, 0.05) is 34.6 Å². The second kappa shape index (κ2) is 9.38. The molecule has 164 valence electrons. The number of nitrogens with zero attached hydrogens (tertiary/aromatic N) is 1. The Morgan fingerprint density at radius 2 is 1.70 bits per heavy atom. The van der Waals surface area contributed by atoms with Gasteiger partial charge in [-0.1, -0.05) is 60.7 Å². The van der Waals surface area contributed by atoms with Crippen LogP contribution in [0.15, 0.2) is 85.1 Å². The van der Waals surface area contributed by atoms with Crippen LogP contribution in [0.25, 0.3) is 21.1 Å². The molecule has 5 aromatic rings. The number of carbonyl (C=O) groups is 2. The highest BCUT2D eigenvalue weighted by Gasteiger charge is 2.28. The molecule has 0 spiro atoms. The van der Waals surface area contributed by atoms with Crippen molar-refractivity contribution in [1.82, 2.24) is 9.97 Å². The summed E-state index contributed by atoms with van der Waals surface area (Å²) in [5, 5.41) is 1.81. The summed E-state index contributed by atoms with van der Waals surface area (Å²) in [7, 11) is 0. The molecule has 2 heterocycles. The van der Waals surface area contributed by atoms with E-state index in [0.29, 0.717) is 24.0 Å². The standard InChI is InChI=1S/C27H22N2O3S/c30-25(16-8-15-24-29-22-13-6-7-14-23(22)33-24)32-27(18-9-2-1-3-10-18)26(31)20-17-28-21-12-5-4-11-19(20)21/h1-7,9-14,17,27-28H,8,15-16H2. The Kier molecular flexibility index (Phi) is 6.00. The Labute approximate surface area is 195 Å². The summed E-state index contributed by atoms with van der Waals surface area (Å²) in [5.41, 5.74) is 3.03. The van der Waals surface area contributed by atoms with Crippen LogP contribution in [0.3, 0.4) is 0 Å². The lowest BCUT2D eigenvalue weighted by atomic mass is 9.99. The van der Waals surface area contributed by atoms with Crippen LogP contribution in [-0.2, 0) is 16.0 Å². The lowest BCUT2D eigenvalue weighted by Crippen LogP contribution is -2.20. The Bertz CT molecular complexity index is 1390. The van der Waals surface area contributed by atoms with Crippen molar-refractivity contribution in [1.29, 1.82) is 0 Å². The molecule has 0 aliphatic heterocycles. The summed E-state index contributed by atoms with van der Waals surface area (Å²) in [5.74, 6) is -0.628. The molecule has 0 aliphatic carbocycles. The van der Waals surface area contributed by atoms with Crippen LogP contribution in [0.2, 0.25) is 0 Å². The molecule has 0 aliphatic rings. The van der Waals surface area contributed by atoms with Crippen molar-refractivity contribution < 1.29 is 14.3 Å². The predicted octanol–water partition coefficient (Wildman–Crippen LogP) is 6.27. The van der Waals surface area contributed by atoms with E-state index >= 15 is 0 Å². The quantitative estimate of drug-likeness (QED) is 0.222. The molecule has 5 rings (SSSR count). The molecule has 5 nitrogen and oxygen atoms in total. The zero-order valence-electron chi connectivity index (χ0n) is 17.9. The average Bonchev–Trinajstić information content (AvgIpc) is 3.46. The average molecular weight is 455 g/mol. The number of nitrogens with one attached hydrogen (secondary N) is 1. The number of hydrogen-bond acceptors (Lipinski definition) is 5. The third kappa shape index (κ3) is 4.56. The Morgan fingerprint density at radius 1 is 0.939 bits per heavy atom. The van der Waals surface area contributed by atoms with Gasteiger partial charge in [0.25, 0.3) is 0 Å². The Balaban J connectivity index is 1.29. The molecule has 0 saturated carbocycles. The largest absolute Gasteiger partial charge is 0.449 e. The van der Waals surface area contributed by atoms with E-state index in [2.05, 4.69) is 9.97 Å². The lowest BCUT2D eigenvalue weighted by molar-refractivity contribution is -0.147. The van der Waals surface area contributed by atoms with Gasteiger partial charge in [0.05, 0.1) is 15.2 Å². The Morgan fingerprint density at radius 3 is 2.55 bits per heavy atom. The number of Topliss-reactive ketones (excluding diaryl/α,β-unsaturated/α-hetero) is 1. The number of para-hydroxylation sites is 2. The van der Waals surface area contributed by atoms with E-state index < -0.39 is 12.1 Å². The summed E-state index contributed by atoms with van der Waals surface area (Å²) in [4.78, 5) is 33.9. The van der Waals surface area contributed by atoms with Crippen LogP contribution in [-0.4, -0.2) is 21.7 Å². The lowest BCUT2D eigenvalue weighted by Gasteiger charge is -2.17. The maximum Gasteiger partial charge on any atom is 0.306 e. The van der Waals surface area contributed by atoms with Crippen LogP contribution < -0.4 is 0 Å². The number of benzene rings is 3. The van der Waals surface area contributed by atoms with Gasteiger partial charge >= 0.3 is 5.97 Å². The number of aryl methyl sites for hydroxylation is 1. The molecule has 0 fully saturated rings. The topological polar surface area (TPSA) is 72.0 Å². The third-order valence-electron chi connectivity index (χ3n) is 5.55. The molecule has 2 aromatic heterocycles. The highest BCUT2D eigenvalue weighted by atomic mass is 32.1. The molecule has 0 saturated heterocycles. The highest BCUT2D eigenvalue weighted by Crippen LogP contribution is 2.28. The first-order valence-corrected chi connectivity index (χ1v) is 11.7. The van der Waals surface area contributed by atoms with Gasteiger partial charge in [0.1, 0.15) is 0 Å². The van der Waals surface area contributed by atoms with E-state index in [1.165, 1.54) is 0 Å². The van der Waals surface area contributed by atoms with E-state index in [1.54, 1.807) is 17.5 Å². The normalized spacial score (nSPS) is 12.1. The number of aromatic nitrogens is 2. The molecule has 1 atom stereocenters. The monoisotopic (exact) mass is 454 g/mol. The summed E-state index contributed by atoms with van der Waals surface area (Å²) in [6.07, 6.45) is 2.23. The second-order valence-electron chi connectivity index (χ2n) is 7.82. The van der Waals surface area contributed by atoms with Gasteiger partial charge in [0.2, 0.25) is 5.78 Å². The Hall–Kier alpha value is -3.77. The third-order valence-corrected chi connectivity index (χ3v) is 6.65. The first-order valence-electron chi connectivity index (χ1n) is 10.9. The molecular weight excluding hydrogens is 432 g/mol. The van der Waals surface area contributed by atoms with Gasteiger partial charge in [-0.2, -0.15) is 0 Å². The molecule has 0 radical (unpaired) electrons. The van der Waals surface area contributed by atoms with Crippen molar-refractivity contribution in [3.05, 3.63) is 101 Å². The maximum atomic E-state index is 13.4. The van der Waals surface area contributed by atoms with Gasteiger partial charge < -0.3 is 9.72 Å². The van der Waals surface area contributed by atoms with Crippen molar-refractivity contribution in [2.45, 2.75) is 25.4 Å². The fourth-order valence-electron chi connectivity index (χ4n) is 3.92. The molecule has 3 aromatic carbocycles. The number of thiazole rings is 1. The van der Waals surface area contributed by atoms with Crippen molar-refractivity contribution in [3.8, 4) is 0 Å². The van der Waals surface area contributed by atoms with Crippen molar-refractivity contribution in [3.63, 3.8) is 0 Å². The van der Waals surface area contributed by atoms with Crippen LogP contribution >= 0.6 is 11.3 Å². The van der Waals surface area contributed by atoms with Gasteiger partial charge in [0.15, 0.2) is 6.10 Å². The van der Waals surface area contributed by atoms with Crippen LogP contribution in [0.1, 0.15) is 39.9 Å². The predicted molar refractivity (Wildman–Crippen MR) is 130 cm³/mol. The minimum absolute atomic E-state index is 0.223. The highest BCUT2D eigenvalue weighted by molar-refractivity contribution is 7.18. The SMILES string of the molecule is O=C(CCCc1nc2ccccc2s1)OC(C(=O)c1c[nH]c2ccccc12)c1ccccc1. The number of esters is 1. The van der Waals surface area contributed by atoms with Crippen LogP contribution in [0.4, 0.5) is 0 Å². The number of hydrogen-bond donors (Lipinski definition) is 1. The first-order chi connectivity index (χ1) is 16.2. The minimum Gasteiger partial charge on any atom is -0.449 e. The number of fused-ring (bicyclic) bond motifs is 2. The number of H-pyrrole nitrogens is 1. The molecule has 1 unspecified atom stereocenters. The zero-order valence-corrected chi connectivity index (χ0v) is 18.7. The molecule has 33 heavy (non-hydrogen) atoms. The van der Waals surface area contributed by atoms with Gasteiger partial charge in [-0.3, -0.25) is 9.59 Å². The van der Waals surface area contributed by atoms with Crippen molar-refractivity contribution >= 4 is 44.2 Å². The second-order valence-corrected chi connectivity index (χ2v) is 8.94. The van der Waals surface area contributed by atoms with Crippen LogP contribution in [0, 0.1) is 0 Å². The number of carbonyl (C=O) groups excluding carboxylic acids is 2. The fraction of sp³-hybridized carbons (Fsp3) is 0.148. The molecule has 0 amide bonds. The fourth-order valence-corrected chi connectivity index (χ4v) is 4.93. The first kappa shape index (κ1) is 21.1. The molecule has 0 bridgehead atoms. The van der Waals surface area contributed by atoms with E-state index in [0.717, 1.165) is 26.1 Å². The smallest absolute Gasteiger partial charge is 0.306 e. The van der Waals surface area contributed by atoms with Crippen molar-refractivity contribution in [2.75, 3.05) is 0 Å². The van der Waals surface area contributed by atoms with Gasteiger partial charge in [-0.15, -0.1) is 11.3 Å². The van der Waals surface area contributed by atoms with Gasteiger partial charge in [-0.05, 0) is 31.0 Å². The molecule has 6 heteroatoms. The maximum absolute atomic E-state index is 13.4. The molecular formula is C27H22N2O3S. The zero-order chi connectivity index (χ0) is 22.6. The summed E-state index contributed by atoms with van der Waals surface area (Å²) in [6.45, 7) is 0. The van der Waals surface area contributed by atoms with E-state index in [1.807, 2.05) is 78.9 Å². The molecule has 1 N–H and O–H groups in total. The number of ether oxygens (including phenoxy) is 1. The number of rotatable bonds is 8. The van der Waals surface area contributed by atoms with Crippen molar-refractivity contribution in [2.24, 2.45) is 0 Å². The number of ketones is 1. The summed E-state index contributed by atoms with van der Waals surface area (Å²) < 4.78 is 6.89. The number of aromatic amines is 1.